The van der Waals surface area contributed by atoms with Gasteiger partial charge in [-0.2, -0.15) is 0 Å². The van der Waals surface area contributed by atoms with E-state index in [4.69, 9.17) is 9.47 Å². The van der Waals surface area contributed by atoms with E-state index in [1.54, 1.807) is 13.2 Å². The molecule has 0 bridgehead atoms. The number of carbonyl (C=O) groups is 1. The number of piperazine rings is 1. The van der Waals surface area contributed by atoms with E-state index in [9.17, 15) is 9.18 Å². The molecule has 26 heavy (non-hydrogen) atoms. The molecule has 3 fully saturated rings. The summed E-state index contributed by atoms with van der Waals surface area (Å²) in [5.41, 5.74) is 0.672. The summed E-state index contributed by atoms with van der Waals surface area (Å²) in [4.78, 5) is 19.1. The van der Waals surface area contributed by atoms with Crippen LogP contribution < -0.4 is 0 Å². The van der Waals surface area contributed by atoms with Crippen LogP contribution in [0, 0.1) is 5.82 Å². The number of hydrogen-bond donors (Lipinski definition) is 0. The van der Waals surface area contributed by atoms with Crippen LogP contribution in [0.4, 0.5) is 4.39 Å². The van der Waals surface area contributed by atoms with Gasteiger partial charge in [-0.1, -0.05) is 18.2 Å². The second-order valence-electron chi connectivity index (χ2n) is 7.59. The minimum atomic E-state index is -0.154. The Morgan fingerprint density at radius 2 is 2.15 bits per heavy atom. The second-order valence-corrected chi connectivity index (χ2v) is 7.59. The molecule has 142 valence electrons. The summed E-state index contributed by atoms with van der Waals surface area (Å²) in [6.07, 6.45) is 0. The number of nitrogens with zero attached hydrogens (tertiary/aromatic N) is 3. The van der Waals surface area contributed by atoms with Crippen molar-refractivity contribution in [2.24, 2.45) is 0 Å². The number of methoxy groups -OCH3 is 1. The lowest BCUT2D eigenvalue weighted by Crippen LogP contribution is -2.80. The molecule has 0 aromatic heterocycles. The number of hydrogen-bond acceptors (Lipinski definition) is 5. The highest BCUT2D eigenvalue weighted by Crippen LogP contribution is 2.36. The molecule has 0 saturated carbocycles. The topological polar surface area (TPSA) is 45.2 Å². The standard InChI is InChI=1S/C19H26FN3O3/c1-25-11-18(24)22-9-16-10-26-7-6-23(16)19(14-22)12-21(13-19)8-15-4-2-3-5-17(15)20/h2-5,16H,6-14H2,1H3. The van der Waals surface area contributed by atoms with Crippen LogP contribution in [0.25, 0.3) is 0 Å². The van der Waals surface area contributed by atoms with Gasteiger partial charge in [0.15, 0.2) is 0 Å². The van der Waals surface area contributed by atoms with Crippen LogP contribution in [0.15, 0.2) is 24.3 Å². The molecule has 3 aliphatic heterocycles. The third-order valence-corrected chi connectivity index (χ3v) is 5.76. The Morgan fingerprint density at radius 3 is 2.92 bits per heavy atom. The van der Waals surface area contributed by atoms with E-state index >= 15 is 0 Å². The zero-order valence-corrected chi connectivity index (χ0v) is 15.2. The predicted molar refractivity (Wildman–Crippen MR) is 94.2 cm³/mol. The lowest BCUT2D eigenvalue weighted by atomic mass is 9.82. The summed E-state index contributed by atoms with van der Waals surface area (Å²) in [6.45, 7) is 6.09. The fourth-order valence-corrected chi connectivity index (χ4v) is 4.65. The highest BCUT2D eigenvalue weighted by molar-refractivity contribution is 5.77. The molecule has 0 radical (unpaired) electrons. The Morgan fingerprint density at radius 1 is 1.35 bits per heavy atom. The number of rotatable bonds is 4. The first kappa shape index (κ1) is 17.9. The van der Waals surface area contributed by atoms with E-state index in [2.05, 4.69) is 9.80 Å². The molecule has 1 spiro atoms. The third kappa shape index (κ3) is 3.24. The molecule has 1 atom stereocenters. The largest absolute Gasteiger partial charge is 0.378 e. The number of ether oxygens (including phenoxy) is 2. The molecule has 1 unspecified atom stereocenters. The number of carbonyl (C=O) groups excluding carboxylic acids is 1. The van der Waals surface area contributed by atoms with Crippen LogP contribution >= 0.6 is 0 Å². The molecule has 3 saturated heterocycles. The molecule has 3 heterocycles. The fourth-order valence-electron chi connectivity index (χ4n) is 4.65. The molecule has 1 aromatic rings. The SMILES string of the molecule is COCC(=O)N1CC2COCCN2C2(CN(Cc3ccccc3F)C2)C1. The molecule has 6 nitrogen and oxygen atoms in total. The monoisotopic (exact) mass is 363 g/mol. The van der Waals surface area contributed by atoms with E-state index < -0.39 is 0 Å². The number of fused-ring (bicyclic) bond motifs is 2. The Balaban J connectivity index is 1.47. The second kappa shape index (κ2) is 7.23. The summed E-state index contributed by atoms with van der Waals surface area (Å²) in [6, 6.07) is 7.17. The van der Waals surface area contributed by atoms with Crippen LogP contribution in [0.1, 0.15) is 5.56 Å². The fraction of sp³-hybridized carbons (Fsp3) is 0.632. The van der Waals surface area contributed by atoms with Gasteiger partial charge in [0.05, 0.1) is 24.8 Å². The molecule has 4 rings (SSSR count). The molecule has 0 aliphatic carbocycles. The lowest BCUT2D eigenvalue weighted by molar-refractivity contribution is -0.177. The molecule has 1 aromatic carbocycles. The summed E-state index contributed by atoms with van der Waals surface area (Å²) >= 11 is 0. The normalized spacial score (nSPS) is 25.8. The van der Waals surface area contributed by atoms with E-state index in [0.29, 0.717) is 26.2 Å². The molecule has 1 amide bonds. The highest BCUT2D eigenvalue weighted by atomic mass is 19.1. The summed E-state index contributed by atoms with van der Waals surface area (Å²) in [7, 11) is 1.55. The maximum absolute atomic E-state index is 13.9. The van der Waals surface area contributed by atoms with Gasteiger partial charge in [0, 0.05) is 51.9 Å². The number of halogens is 1. The third-order valence-electron chi connectivity index (χ3n) is 5.76. The van der Waals surface area contributed by atoms with E-state index in [0.717, 1.165) is 31.8 Å². The minimum Gasteiger partial charge on any atom is -0.378 e. The first-order chi connectivity index (χ1) is 12.6. The van der Waals surface area contributed by atoms with Crippen LogP contribution in [0.2, 0.25) is 0 Å². The first-order valence-electron chi connectivity index (χ1n) is 9.18. The lowest BCUT2D eigenvalue weighted by Gasteiger charge is -2.63. The van der Waals surface area contributed by atoms with Gasteiger partial charge in [-0.05, 0) is 6.07 Å². The van der Waals surface area contributed by atoms with Crippen molar-refractivity contribution in [2.45, 2.75) is 18.1 Å². The average Bonchev–Trinajstić information content (AvgIpc) is 2.62. The van der Waals surface area contributed by atoms with Crippen molar-refractivity contribution in [1.82, 2.24) is 14.7 Å². The molecule has 7 heteroatoms. The van der Waals surface area contributed by atoms with Crippen molar-refractivity contribution < 1.29 is 18.7 Å². The Bertz CT molecular complexity index is 665. The molecular formula is C19H26FN3O3. The van der Waals surface area contributed by atoms with Crippen molar-refractivity contribution >= 4 is 5.91 Å². The van der Waals surface area contributed by atoms with Gasteiger partial charge in [-0.25, -0.2) is 4.39 Å². The first-order valence-corrected chi connectivity index (χ1v) is 9.18. The quantitative estimate of drug-likeness (QED) is 0.783. The Labute approximate surface area is 153 Å². The van der Waals surface area contributed by atoms with Gasteiger partial charge in [0.1, 0.15) is 12.4 Å². The van der Waals surface area contributed by atoms with Gasteiger partial charge >= 0.3 is 0 Å². The predicted octanol–water partition coefficient (Wildman–Crippen LogP) is 0.570. The van der Waals surface area contributed by atoms with Crippen molar-refractivity contribution in [1.29, 1.82) is 0 Å². The van der Waals surface area contributed by atoms with Gasteiger partial charge in [-0.3, -0.25) is 14.6 Å². The summed E-state index contributed by atoms with van der Waals surface area (Å²) in [5.74, 6) is -0.122. The van der Waals surface area contributed by atoms with E-state index in [1.807, 2.05) is 17.0 Å². The van der Waals surface area contributed by atoms with Gasteiger partial charge in [-0.15, -0.1) is 0 Å². The van der Waals surface area contributed by atoms with Crippen molar-refractivity contribution in [3.05, 3.63) is 35.6 Å². The zero-order valence-electron chi connectivity index (χ0n) is 15.2. The van der Waals surface area contributed by atoms with Gasteiger partial charge in [0.25, 0.3) is 0 Å². The maximum Gasteiger partial charge on any atom is 0.248 e. The molecular weight excluding hydrogens is 337 g/mol. The average molecular weight is 363 g/mol. The van der Waals surface area contributed by atoms with Gasteiger partial charge < -0.3 is 14.4 Å². The van der Waals surface area contributed by atoms with Crippen LogP contribution in [0.3, 0.4) is 0 Å². The van der Waals surface area contributed by atoms with Crippen molar-refractivity contribution in [2.75, 3.05) is 59.7 Å². The van der Waals surface area contributed by atoms with Crippen molar-refractivity contribution in [3.63, 3.8) is 0 Å². The summed E-state index contributed by atoms with van der Waals surface area (Å²) < 4.78 is 24.6. The maximum atomic E-state index is 13.9. The molecule has 0 N–H and O–H groups in total. The van der Waals surface area contributed by atoms with Gasteiger partial charge in [0.2, 0.25) is 5.91 Å². The Kier molecular flexibility index (Phi) is 4.96. The van der Waals surface area contributed by atoms with Crippen LogP contribution in [-0.2, 0) is 20.8 Å². The minimum absolute atomic E-state index is 0.0321. The zero-order chi connectivity index (χ0) is 18.1. The van der Waals surface area contributed by atoms with Crippen LogP contribution in [-0.4, -0.2) is 91.8 Å². The number of amides is 1. The van der Waals surface area contributed by atoms with Crippen molar-refractivity contribution in [3.8, 4) is 0 Å². The number of morpholine rings is 1. The number of benzene rings is 1. The summed E-state index contributed by atoms with van der Waals surface area (Å²) in [5, 5.41) is 0. The highest BCUT2D eigenvalue weighted by Gasteiger charge is 2.54. The van der Waals surface area contributed by atoms with E-state index in [1.165, 1.54) is 6.07 Å². The molecule has 3 aliphatic rings. The van der Waals surface area contributed by atoms with E-state index in [-0.39, 0.29) is 29.9 Å². The smallest absolute Gasteiger partial charge is 0.248 e. The number of likely N-dealkylation sites (tertiary alicyclic amines) is 1. The Hall–Kier alpha value is -1.54. The van der Waals surface area contributed by atoms with Crippen LogP contribution in [0.5, 0.6) is 0 Å².